The van der Waals surface area contributed by atoms with E-state index in [-0.39, 0.29) is 0 Å². The smallest absolute Gasteiger partial charge is 0.247 e. The minimum absolute atomic E-state index is 0.490. The van der Waals surface area contributed by atoms with Crippen LogP contribution >= 0.6 is 0 Å². The van der Waals surface area contributed by atoms with Gasteiger partial charge in [-0.2, -0.15) is 5.10 Å². The lowest BCUT2D eigenvalue weighted by Crippen LogP contribution is -1.81. The van der Waals surface area contributed by atoms with E-state index >= 15 is 0 Å². The van der Waals surface area contributed by atoms with Crippen molar-refractivity contribution >= 4 is 21.9 Å². The lowest BCUT2D eigenvalue weighted by molar-refractivity contribution is 0.569. The number of aromatic nitrogens is 4. The Kier molecular flexibility index (Phi) is 2.40. The minimum atomic E-state index is 0.490. The van der Waals surface area contributed by atoms with Gasteiger partial charge in [0.1, 0.15) is 5.58 Å². The molecule has 5 aromatic rings. The summed E-state index contributed by atoms with van der Waals surface area (Å²) in [6, 6.07) is 13.8. The van der Waals surface area contributed by atoms with Crippen LogP contribution in [0.15, 0.2) is 64.0 Å². The second kappa shape index (κ2) is 4.54. The number of H-pyrrole nitrogens is 1. The monoisotopic (exact) mass is 302 g/mol. The van der Waals surface area contributed by atoms with Crippen molar-refractivity contribution in [2.75, 3.05) is 0 Å². The van der Waals surface area contributed by atoms with Gasteiger partial charge in [0.25, 0.3) is 0 Å². The maximum atomic E-state index is 5.39. The molecule has 3 aromatic heterocycles. The molecule has 1 N–H and O–H groups in total. The minimum Gasteiger partial charge on any atom is -0.464 e. The van der Waals surface area contributed by atoms with Gasteiger partial charge < -0.3 is 8.83 Å². The predicted molar refractivity (Wildman–Crippen MR) is 84.6 cm³/mol. The van der Waals surface area contributed by atoms with E-state index in [2.05, 4.69) is 26.5 Å². The molecule has 2 aromatic carbocycles. The molecule has 0 saturated heterocycles. The number of rotatable bonds is 2. The average molecular weight is 302 g/mol. The standard InChI is InChI=1S/C17H10N4O2/c1-3-14-13(8-12(1)17-21-18-9-23-17)16(20-19-14)11-2-4-15-10(7-11)5-6-22-15/h1-9H,(H,19,20). The van der Waals surface area contributed by atoms with Crippen LogP contribution in [-0.4, -0.2) is 20.4 Å². The second-order valence-corrected chi connectivity index (χ2v) is 5.25. The van der Waals surface area contributed by atoms with Gasteiger partial charge in [-0.05, 0) is 42.5 Å². The first-order valence-electron chi connectivity index (χ1n) is 7.11. The molecule has 3 heterocycles. The Labute approximate surface area is 129 Å². The fraction of sp³-hybridized carbons (Fsp3) is 0. The summed E-state index contributed by atoms with van der Waals surface area (Å²) >= 11 is 0. The molecule has 0 amide bonds. The fourth-order valence-corrected chi connectivity index (χ4v) is 2.78. The highest BCUT2D eigenvalue weighted by atomic mass is 16.4. The van der Waals surface area contributed by atoms with Crippen molar-refractivity contribution in [1.82, 2.24) is 20.4 Å². The molecular formula is C17H10N4O2. The van der Waals surface area contributed by atoms with Crippen molar-refractivity contribution in [3.05, 3.63) is 55.1 Å². The lowest BCUT2D eigenvalue weighted by atomic mass is 10.0. The largest absolute Gasteiger partial charge is 0.464 e. The van der Waals surface area contributed by atoms with Crippen molar-refractivity contribution in [2.45, 2.75) is 0 Å². The molecule has 0 aliphatic rings. The Balaban J connectivity index is 1.72. The molecule has 0 unspecified atom stereocenters. The summed E-state index contributed by atoms with van der Waals surface area (Å²) in [7, 11) is 0. The zero-order valence-corrected chi connectivity index (χ0v) is 11.9. The summed E-state index contributed by atoms with van der Waals surface area (Å²) < 4.78 is 10.7. The Morgan fingerprint density at radius 2 is 1.87 bits per heavy atom. The summed E-state index contributed by atoms with van der Waals surface area (Å²) in [6.07, 6.45) is 3.01. The third-order valence-corrected chi connectivity index (χ3v) is 3.90. The second-order valence-electron chi connectivity index (χ2n) is 5.25. The Morgan fingerprint density at radius 1 is 0.913 bits per heavy atom. The highest BCUT2D eigenvalue weighted by Gasteiger charge is 2.12. The molecule has 0 saturated carbocycles. The van der Waals surface area contributed by atoms with Gasteiger partial charge in [-0.15, -0.1) is 10.2 Å². The molecule has 23 heavy (non-hydrogen) atoms. The molecule has 0 bridgehead atoms. The zero-order chi connectivity index (χ0) is 15.2. The first kappa shape index (κ1) is 12.2. The number of benzene rings is 2. The van der Waals surface area contributed by atoms with Crippen LogP contribution < -0.4 is 0 Å². The normalized spacial score (nSPS) is 11.5. The predicted octanol–water partition coefficient (Wildman–Crippen LogP) is 4.03. The van der Waals surface area contributed by atoms with Gasteiger partial charge in [0.05, 0.1) is 17.5 Å². The van der Waals surface area contributed by atoms with E-state index in [9.17, 15) is 0 Å². The van der Waals surface area contributed by atoms with E-state index < -0.39 is 0 Å². The van der Waals surface area contributed by atoms with Crippen LogP contribution in [-0.2, 0) is 0 Å². The third kappa shape index (κ3) is 1.85. The van der Waals surface area contributed by atoms with E-state index in [0.29, 0.717) is 5.89 Å². The number of furan rings is 1. The van der Waals surface area contributed by atoms with Crippen LogP contribution in [0.3, 0.4) is 0 Å². The molecule has 0 aliphatic heterocycles. The highest BCUT2D eigenvalue weighted by molar-refractivity contribution is 5.97. The van der Waals surface area contributed by atoms with Crippen molar-refractivity contribution in [2.24, 2.45) is 0 Å². The molecule has 0 radical (unpaired) electrons. The Hall–Kier alpha value is -3.41. The molecule has 5 rings (SSSR count). The number of fused-ring (bicyclic) bond motifs is 2. The summed E-state index contributed by atoms with van der Waals surface area (Å²) in [4.78, 5) is 0. The number of nitrogens with one attached hydrogen (secondary N) is 1. The average Bonchev–Trinajstić information content (AvgIpc) is 3.32. The molecule has 0 fully saturated rings. The van der Waals surface area contributed by atoms with Gasteiger partial charge >= 0.3 is 0 Å². The lowest BCUT2D eigenvalue weighted by Gasteiger charge is -2.00. The molecule has 6 nitrogen and oxygen atoms in total. The Morgan fingerprint density at radius 3 is 2.78 bits per heavy atom. The topological polar surface area (TPSA) is 80.7 Å². The van der Waals surface area contributed by atoms with Gasteiger partial charge in [0.15, 0.2) is 0 Å². The first-order chi connectivity index (χ1) is 11.4. The fourth-order valence-electron chi connectivity index (χ4n) is 2.78. The van der Waals surface area contributed by atoms with E-state index in [4.69, 9.17) is 8.83 Å². The first-order valence-corrected chi connectivity index (χ1v) is 7.11. The maximum absolute atomic E-state index is 5.39. The van der Waals surface area contributed by atoms with Gasteiger partial charge in [-0.1, -0.05) is 0 Å². The van der Waals surface area contributed by atoms with E-state index in [1.165, 1.54) is 6.39 Å². The van der Waals surface area contributed by atoms with E-state index in [1.807, 2.05) is 36.4 Å². The number of hydrogen-bond donors (Lipinski definition) is 1. The van der Waals surface area contributed by atoms with Crippen LogP contribution in [0.2, 0.25) is 0 Å². The van der Waals surface area contributed by atoms with Crippen molar-refractivity contribution in [1.29, 1.82) is 0 Å². The van der Waals surface area contributed by atoms with E-state index in [0.717, 1.165) is 38.7 Å². The summed E-state index contributed by atoms with van der Waals surface area (Å²) in [6.45, 7) is 0. The molecule has 6 heteroatoms. The number of hydrogen-bond acceptors (Lipinski definition) is 5. The number of nitrogens with zero attached hydrogens (tertiary/aromatic N) is 3. The quantitative estimate of drug-likeness (QED) is 0.532. The summed E-state index contributed by atoms with van der Waals surface area (Å²) in [5, 5.41) is 17.2. The van der Waals surface area contributed by atoms with Gasteiger partial charge in [0, 0.05) is 21.9 Å². The maximum Gasteiger partial charge on any atom is 0.247 e. The van der Waals surface area contributed by atoms with Crippen LogP contribution in [0.1, 0.15) is 0 Å². The highest BCUT2D eigenvalue weighted by Crippen LogP contribution is 2.31. The molecule has 110 valence electrons. The summed E-state index contributed by atoms with van der Waals surface area (Å²) in [5.74, 6) is 0.490. The van der Waals surface area contributed by atoms with Crippen molar-refractivity contribution in [3.63, 3.8) is 0 Å². The van der Waals surface area contributed by atoms with Crippen LogP contribution in [0.5, 0.6) is 0 Å². The van der Waals surface area contributed by atoms with Crippen molar-refractivity contribution < 1.29 is 8.83 Å². The van der Waals surface area contributed by atoms with Crippen LogP contribution in [0.4, 0.5) is 0 Å². The van der Waals surface area contributed by atoms with Crippen molar-refractivity contribution in [3.8, 4) is 22.7 Å². The van der Waals surface area contributed by atoms with Gasteiger partial charge in [-0.3, -0.25) is 5.10 Å². The molecule has 0 aliphatic carbocycles. The van der Waals surface area contributed by atoms with Crippen LogP contribution in [0.25, 0.3) is 44.6 Å². The summed E-state index contributed by atoms with van der Waals surface area (Å²) in [5.41, 5.74) is 4.58. The van der Waals surface area contributed by atoms with Gasteiger partial charge in [0.2, 0.25) is 12.3 Å². The Bertz CT molecular complexity index is 1120. The number of aromatic amines is 1. The SMILES string of the molecule is c1nnc(-c2ccc3[nH]nc(-c4ccc5occc5c4)c3c2)o1. The van der Waals surface area contributed by atoms with E-state index in [1.54, 1.807) is 6.26 Å². The third-order valence-electron chi connectivity index (χ3n) is 3.90. The van der Waals surface area contributed by atoms with Gasteiger partial charge in [-0.25, -0.2) is 0 Å². The van der Waals surface area contributed by atoms with Crippen LogP contribution in [0, 0.1) is 0 Å². The molecule has 0 spiro atoms. The molecular weight excluding hydrogens is 292 g/mol. The molecule has 0 atom stereocenters. The zero-order valence-electron chi connectivity index (χ0n) is 11.9.